The Morgan fingerprint density at radius 1 is 1.32 bits per heavy atom. The maximum atomic E-state index is 12.6. The Kier molecular flexibility index (Phi) is 3.09. The van der Waals surface area contributed by atoms with Crippen molar-refractivity contribution in [3.05, 3.63) is 34.2 Å². The first-order valence-electron chi connectivity index (χ1n) is 7.60. The largest absolute Gasteiger partial charge is 0.434 e. The van der Waals surface area contributed by atoms with E-state index in [0.29, 0.717) is 30.6 Å². The van der Waals surface area contributed by atoms with Gasteiger partial charge in [0.2, 0.25) is 5.89 Å². The average molecular weight is 303 g/mol. The van der Waals surface area contributed by atoms with Crippen LogP contribution >= 0.6 is 0 Å². The Bertz CT molecular complexity index is 741. The van der Waals surface area contributed by atoms with Gasteiger partial charge in [-0.05, 0) is 25.7 Å². The van der Waals surface area contributed by atoms with Crippen LogP contribution in [0.25, 0.3) is 0 Å². The molecule has 116 valence electrons. The Morgan fingerprint density at radius 2 is 2.18 bits per heavy atom. The normalized spacial score (nSPS) is 22.0. The molecule has 0 aromatic carbocycles. The first kappa shape index (κ1) is 13.3. The predicted molar refractivity (Wildman–Crippen MR) is 75.6 cm³/mol. The van der Waals surface area contributed by atoms with Crippen molar-refractivity contribution in [2.45, 2.75) is 37.5 Å². The molecule has 1 saturated carbocycles. The number of piperidine rings is 1. The zero-order valence-corrected chi connectivity index (χ0v) is 12.0. The standard InChI is InChI=1S/C14H17N5O3/c20-13(10-6-15-11(16-10)8-3-4-8)19-5-1-2-9(7-19)12-17-18-14(21)22-12/h6,8-9H,1-5,7H2,(H,15,16)(H,18,21). The molecule has 4 rings (SSSR count). The first-order valence-corrected chi connectivity index (χ1v) is 7.60. The zero-order valence-electron chi connectivity index (χ0n) is 12.0. The molecule has 8 nitrogen and oxygen atoms in total. The Balaban J connectivity index is 1.48. The summed E-state index contributed by atoms with van der Waals surface area (Å²) < 4.78 is 5.02. The van der Waals surface area contributed by atoms with Gasteiger partial charge >= 0.3 is 5.76 Å². The summed E-state index contributed by atoms with van der Waals surface area (Å²) in [5.74, 6) is 1.14. The molecule has 1 atom stereocenters. The van der Waals surface area contributed by atoms with Crippen molar-refractivity contribution < 1.29 is 9.21 Å². The van der Waals surface area contributed by atoms with Crippen LogP contribution in [0.5, 0.6) is 0 Å². The number of imidazole rings is 1. The molecule has 8 heteroatoms. The van der Waals surface area contributed by atoms with Crippen molar-refractivity contribution in [3.63, 3.8) is 0 Å². The number of likely N-dealkylation sites (tertiary alicyclic amines) is 1. The van der Waals surface area contributed by atoms with Gasteiger partial charge in [0.25, 0.3) is 5.91 Å². The van der Waals surface area contributed by atoms with E-state index in [1.165, 1.54) is 0 Å². The molecule has 1 unspecified atom stereocenters. The molecule has 2 aromatic heterocycles. The molecular weight excluding hydrogens is 286 g/mol. The van der Waals surface area contributed by atoms with E-state index in [9.17, 15) is 9.59 Å². The van der Waals surface area contributed by atoms with Gasteiger partial charge in [-0.15, -0.1) is 5.10 Å². The highest BCUT2D eigenvalue weighted by molar-refractivity contribution is 5.92. The second kappa shape index (κ2) is 5.11. The lowest BCUT2D eigenvalue weighted by Gasteiger charge is -2.30. The highest BCUT2D eigenvalue weighted by Gasteiger charge is 2.31. The van der Waals surface area contributed by atoms with Gasteiger partial charge in [0.05, 0.1) is 12.1 Å². The van der Waals surface area contributed by atoms with E-state index in [2.05, 4.69) is 20.2 Å². The molecule has 1 saturated heterocycles. The molecular formula is C14H17N5O3. The highest BCUT2D eigenvalue weighted by Crippen LogP contribution is 2.38. The van der Waals surface area contributed by atoms with Crippen molar-refractivity contribution in [1.29, 1.82) is 0 Å². The molecule has 2 aromatic rings. The van der Waals surface area contributed by atoms with Crippen LogP contribution in [0.15, 0.2) is 15.4 Å². The Morgan fingerprint density at radius 3 is 2.91 bits per heavy atom. The highest BCUT2D eigenvalue weighted by atomic mass is 16.4. The number of aromatic amines is 2. The summed E-state index contributed by atoms with van der Waals surface area (Å²) in [7, 11) is 0. The second-order valence-electron chi connectivity index (χ2n) is 6.00. The van der Waals surface area contributed by atoms with Gasteiger partial charge in [-0.25, -0.2) is 14.9 Å². The van der Waals surface area contributed by atoms with Crippen molar-refractivity contribution in [3.8, 4) is 0 Å². The van der Waals surface area contributed by atoms with Crippen LogP contribution in [0.2, 0.25) is 0 Å². The summed E-state index contributed by atoms with van der Waals surface area (Å²) in [5.41, 5.74) is 0.533. The van der Waals surface area contributed by atoms with Crippen LogP contribution in [0.1, 0.15) is 59.7 Å². The first-order chi connectivity index (χ1) is 10.7. The van der Waals surface area contributed by atoms with Gasteiger partial charge < -0.3 is 14.3 Å². The molecule has 2 aliphatic rings. The number of nitrogens with zero attached hydrogens (tertiary/aromatic N) is 3. The van der Waals surface area contributed by atoms with E-state index < -0.39 is 5.76 Å². The fourth-order valence-corrected chi connectivity index (χ4v) is 2.96. The molecule has 0 radical (unpaired) electrons. The molecule has 3 heterocycles. The van der Waals surface area contributed by atoms with Crippen LogP contribution < -0.4 is 5.76 Å². The number of hydrogen-bond acceptors (Lipinski definition) is 5. The summed E-state index contributed by atoms with van der Waals surface area (Å²) in [6.45, 7) is 1.20. The van der Waals surface area contributed by atoms with Gasteiger partial charge in [-0.3, -0.25) is 4.79 Å². The van der Waals surface area contributed by atoms with Gasteiger partial charge in [0.1, 0.15) is 11.5 Å². The van der Waals surface area contributed by atoms with E-state index in [1.54, 1.807) is 11.1 Å². The smallest absolute Gasteiger partial charge is 0.392 e. The lowest BCUT2D eigenvalue weighted by molar-refractivity contribution is 0.0692. The predicted octanol–water partition coefficient (Wildman–Crippen LogP) is 0.983. The van der Waals surface area contributed by atoms with Crippen LogP contribution in [0.3, 0.4) is 0 Å². The van der Waals surface area contributed by atoms with Crippen LogP contribution in [-0.4, -0.2) is 44.1 Å². The summed E-state index contributed by atoms with van der Waals surface area (Å²) >= 11 is 0. The summed E-state index contributed by atoms with van der Waals surface area (Å²) in [5, 5.41) is 6.15. The average Bonchev–Trinajstić information content (AvgIpc) is 3.10. The van der Waals surface area contributed by atoms with Crippen molar-refractivity contribution in [2.24, 2.45) is 0 Å². The Hall–Kier alpha value is -2.38. The van der Waals surface area contributed by atoms with Crippen LogP contribution in [0, 0.1) is 0 Å². The van der Waals surface area contributed by atoms with Gasteiger partial charge in [0, 0.05) is 19.0 Å². The van der Waals surface area contributed by atoms with Crippen LogP contribution in [0.4, 0.5) is 0 Å². The molecule has 1 aliphatic carbocycles. The van der Waals surface area contributed by atoms with Crippen molar-refractivity contribution >= 4 is 5.91 Å². The number of hydrogen-bond donors (Lipinski definition) is 2. The fraction of sp³-hybridized carbons (Fsp3) is 0.571. The number of carbonyl (C=O) groups is 1. The third-order valence-corrected chi connectivity index (χ3v) is 4.30. The molecule has 0 spiro atoms. The maximum Gasteiger partial charge on any atom is 0.434 e. The molecule has 2 fully saturated rings. The summed E-state index contributed by atoms with van der Waals surface area (Å²) in [6.07, 6.45) is 5.62. The number of H-pyrrole nitrogens is 2. The van der Waals surface area contributed by atoms with E-state index in [4.69, 9.17) is 4.42 Å². The molecule has 1 aliphatic heterocycles. The number of carbonyl (C=O) groups excluding carboxylic acids is 1. The number of amides is 1. The summed E-state index contributed by atoms with van der Waals surface area (Å²) in [4.78, 5) is 32.8. The Labute approximate surface area is 125 Å². The van der Waals surface area contributed by atoms with Crippen molar-refractivity contribution in [2.75, 3.05) is 13.1 Å². The van der Waals surface area contributed by atoms with Crippen LogP contribution in [-0.2, 0) is 0 Å². The van der Waals surface area contributed by atoms with E-state index in [0.717, 1.165) is 31.5 Å². The van der Waals surface area contributed by atoms with Gasteiger partial charge in [-0.2, -0.15) is 0 Å². The molecule has 0 bridgehead atoms. The summed E-state index contributed by atoms with van der Waals surface area (Å²) in [6, 6.07) is 0. The second-order valence-corrected chi connectivity index (χ2v) is 6.00. The number of aromatic nitrogens is 4. The SMILES string of the molecule is O=C(c1cnc(C2CC2)[nH]1)N1CCCC(c2n[nH]c(=O)o2)C1. The minimum atomic E-state index is -0.555. The third kappa shape index (κ3) is 2.44. The quantitative estimate of drug-likeness (QED) is 0.879. The molecule has 1 amide bonds. The maximum absolute atomic E-state index is 12.6. The third-order valence-electron chi connectivity index (χ3n) is 4.30. The lowest BCUT2D eigenvalue weighted by Crippen LogP contribution is -2.39. The van der Waals surface area contributed by atoms with Gasteiger partial charge in [0.15, 0.2) is 0 Å². The van der Waals surface area contributed by atoms with Crippen molar-refractivity contribution in [1.82, 2.24) is 25.1 Å². The topological polar surface area (TPSA) is 108 Å². The number of nitrogens with one attached hydrogen (secondary N) is 2. The molecule has 2 N–H and O–H groups in total. The molecule has 22 heavy (non-hydrogen) atoms. The monoisotopic (exact) mass is 303 g/mol. The minimum Gasteiger partial charge on any atom is -0.392 e. The van der Waals surface area contributed by atoms with Gasteiger partial charge in [-0.1, -0.05) is 0 Å². The van der Waals surface area contributed by atoms with E-state index >= 15 is 0 Å². The fourth-order valence-electron chi connectivity index (χ4n) is 2.96. The lowest BCUT2D eigenvalue weighted by atomic mass is 9.98. The minimum absolute atomic E-state index is 0.0394. The van der Waals surface area contributed by atoms with E-state index in [1.807, 2.05) is 0 Å². The zero-order chi connectivity index (χ0) is 15.1. The van der Waals surface area contributed by atoms with E-state index in [-0.39, 0.29) is 11.8 Å². The number of rotatable bonds is 3.